The highest BCUT2D eigenvalue weighted by molar-refractivity contribution is 5.94. The molecule has 0 aliphatic heterocycles. The Balaban J connectivity index is 5.06. The third kappa shape index (κ3) is 38.3. The van der Waals surface area contributed by atoms with Gasteiger partial charge in [-0.25, -0.2) is 0 Å². The number of amides is 5. The van der Waals surface area contributed by atoms with Crippen LogP contribution in [0.4, 0.5) is 0 Å². The molecular weight excluding hydrogens is 791 g/mol. The predicted octanol–water partition coefficient (Wildman–Crippen LogP) is 9.69. The van der Waals surface area contributed by atoms with E-state index in [0.29, 0.717) is 83.8 Å². The fraction of sp³-hybridized carbons (Fsp3) is 0.902. The summed E-state index contributed by atoms with van der Waals surface area (Å²) in [4.78, 5) is 65.9. The maximum atomic E-state index is 13.9. The van der Waals surface area contributed by atoms with Gasteiger partial charge in [-0.15, -0.1) is 0 Å². The van der Waals surface area contributed by atoms with Gasteiger partial charge in [-0.05, 0) is 83.7 Å². The van der Waals surface area contributed by atoms with Crippen molar-refractivity contribution in [3.05, 3.63) is 0 Å². The lowest BCUT2D eigenvalue weighted by Gasteiger charge is -2.25. The molecule has 12 heteroatoms. The van der Waals surface area contributed by atoms with Gasteiger partial charge in [0.05, 0.1) is 0 Å². The van der Waals surface area contributed by atoms with E-state index in [9.17, 15) is 24.0 Å². The molecule has 3 atom stereocenters. The SMILES string of the molecule is CCCCCCCCCCCCCCCC(=O)NCCCC[C@H](NC(=O)CCCCCCCCCCCCCCC)C(=O)N[C@H](CCCCN)C(=O)N[C@@H](CCCCN)C(=O)NC. The molecule has 0 saturated heterocycles. The Kier molecular flexibility index (Phi) is 43.8. The molecule has 0 spiro atoms. The molecule has 0 heterocycles. The van der Waals surface area contributed by atoms with Crippen molar-refractivity contribution in [2.45, 2.75) is 270 Å². The first-order valence-electron chi connectivity index (χ1n) is 26.5. The molecule has 5 amide bonds. The Morgan fingerprint density at radius 3 is 1.05 bits per heavy atom. The van der Waals surface area contributed by atoms with Crippen LogP contribution >= 0.6 is 0 Å². The van der Waals surface area contributed by atoms with E-state index in [0.717, 1.165) is 38.5 Å². The summed E-state index contributed by atoms with van der Waals surface area (Å²) in [6, 6.07) is -2.47. The van der Waals surface area contributed by atoms with E-state index in [1.807, 2.05) is 0 Å². The second kappa shape index (κ2) is 45.8. The maximum Gasteiger partial charge on any atom is 0.243 e. The number of nitrogens with one attached hydrogen (secondary N) is 5. The number of carbonyl (C=O) groups excluding carboxylic acids is 5. The van der Waals surface area contributed by atoms with E-state index in [-0.39, 0.29) is 17.7 Å². The van der Waals surface area contributed by atoms with Crippen LogP contribution in [-0.2, 0) is 24.0 Å². The minimum atomic E-state index is -0.893. The summed E-state index contributed by atoms with van der Waals surface area (Å²) in [6.07, 6.45) is 38.4. The Hall–Kier alpha value is -2.73. The predicted molar refractivity (Wildman–Crippen MR) is 263 cm³/mol. The first-order chi connectivity index (χ1) is 30.7. The summed E-state index contributed by atoms with van der Waals surface area (Å²) in [7, 11) is 1.53. The monoisotopic (exact) mass is 892 g/mol. The summed E-state index contributed by atoms with van der Waals surface area (Å²) >= 11 is 0. The van der Waals surface area contributed by atoms with E-state index < -0.39 is 29.9 Å². The number of carbonyl (C=O) groups is 5. The summed E-state index contributed by atoms with van der Waals surface area (Å²) in [5, 5.41) is 14.4. The quantitative estimate of drug-likeness (QED) is 0.0295. The van der Waals surface area contributed by atoms with Crippen molar-refractivity contribution in [2.75, 3.05) is 26.7 Å². The minimum Gasteiger partial charge on any atom is -0.357 e. The molecule has 0 saturated carbocycles. The Labute approximate surface area is 386 Å². The van der Waals surface area contributed by atoms with Gasteiger partial charge >= 0.3 is 0 Å². The minimum absolute atomic E-state index is 0.0582. The fourth-order valence-electron chi connectivity index (χ4n) is 8.17. The van der Waals surface area contributed by atoms with E-state index in [2.05, 4.69) is 40.4 Å². The molecule has 370 valence electrons. The lowest BCUT2D eigenvalue weighted by atomic mass is 10.0. The number of nitrogens with two attached hydrogens (primary N) is 2. The van der Waals surface area contributed by atoms with Crippen LogP contribution in [0.3, 0.4) is 0 Å². The third-order valence-electron chi connectivity index (χ3n) is 12.3. The summed E-state index contributed by atoms with van der Waals surface area (Å²) in [5.74, 6) is -1.28. The van der Waals surface area contributed by atoms with Crippen molar-refractivity contribution in [2.24, 2.45) is 11.5 Å². The molecule has 0 aromatic rings. The van der Waals surface area contributed by atoms with Crippen LogP contribution in [-0.4, -0.2) is 74.3 Å². The van der Waals surface area contributed by atoms with Gasteiger partial charge in [0, 0.05) is 26.4 Å². The second-order valence-electron chi connectivity index (χ2n) is 18.3. The van der Waals surface area contributed by atoms with Crippen molar-refractivity contribution in [1.82, 2.24) is 26.6 Å². The molecule has 0 unspecified atom stereocenters. The summed E-state index contributed by atoms with van der Waals surface area (Å²) < 4.78 is 0. The van der Waals surface area contributed by atoms with Crippen LogP contribution in [0.25, 0.3) is 0 Å². The fourth-order valence-corrected chi connectivity index (χ4v) is 8.17. The molecule has 0 aromatic heterocycles. The molecule has 9 N–H and O–H groups in total. The zero-order chi connectivity index (χ0) is 46.4. The van der Waals surface area contributed by atoms with Crippen LogP contribution < -0.4 is 38.1 Å². The lowest BCUT2D eigenvalue weighted by Crippen LogP contribution is -2.56. The average Bonchev–Trinajstić information content (AvgIpc) is 3.27. The lowest BCUT2D eigenvalue weighted by molar-refractivity contribution is -0.134. The molecule has 0 fully saturated rings. The van der Waals surface area contributed by atoms with Crippen LogP contribution in [0, 0.1) is 0 Å². The average molecular weight is 892 g/mol. The zero-order valence-corrected chi connectivity index (χ0v) is 41.2. The van der Waals surface area contributed by atoms with Gasteiger partial charge in [-0.1, -0.05) is 168 Å². The standard InChI is InChI=1S/C51H101N7O5/c1-4-6-8-10-12-14-16-18-20-22-24-26-28-39-47(59)55-43-35-32-38-45(56-48(60)40-29-27-25-23-21-19-17-15-13-11-9-7-5-2)50(62)58-46(37-31-34-42-53)51(63)57-44(49(61)54-3)36-30-33-41-52/h44-46H,4-43,52-53H2,1-3H3,(H,54,61)(H,55,59)(H,56,60)(H,57,63)(H,58,62)/t44-,45-,46+/m0/s1. The number of likely N-dealkylation sites (N-methyl/N-ethyl adjacent to an activating group) is 1. The van der Waals surface area contributed by atoms with Gasteiger partial charge in [0.1, 0.15) is 18.1 Å². The van der Waals surface area contributed by atoms with Crippen LogP contribution in [0.5, 0.6) is 0 Å². The van der Waals surface area contributed by atoms with Crippen molar-refractivity contribution in [1.29, 1.82) is 0 Å². The summed E-state index contributed by atoms with van der Waals surface area (Å²) in [6.45, 7) is 5.96. The molecule has 12 nitrogen and oxygen atoms in total. The Bertz CT molecular complexity index is 1110. The smallest absolute Gasteiger partial charge is 0.243 e. The van der Waals surface area contributed by atoms with Gasteiger partial charge in [0.15, 0.2) is 0 Å². The van der Waals surface area contributed by atoms with Crippen molar-refractivity contribution in [3.63, 3.8) is 0 Å². The molecular formula is C51H101N7O5. The molecule has 0 aromatic carbocycles. The van der Waals surface area contributed by atoms with Crippen LogP contribution in [0.2, 0.25) is 0 Å². The van der Waals surface area contributed by atoms with Crippen molar-refractivity contribution < 1.29 is 24.0 Å². The zero-order valence-electron chi connectivity index (χ0n) is 41.2. The first-order valence-corrected chi connectivity index (χ1v) is 26.5. The third-order valence-corrected chi connectivity index (χ3v) is 12.3. The second-order valence-corrected chi connectivity index (χ2v) is 18.3. The highest BCUT2D eigenvalue weighted by Gasteiger charge is 2.29. The van der Waals surface area contributed by atoms with E-state index in [1.165, 1.54) is 142 Å². The largest absolute Gasteiger partial charge is 0.357 e. The molecule has 0 aliphatic carbocycles. The number of hydrogen-bond donors (Lipinski definition) is 7. The topological polar surface area (TPSA) is 198 Å². The van der Waals surface area contributed by atoms with Crippen LogP contribution in [0.15, 0.2) is 0 Å². The highest BCUT2D eigenvalue weighted by atomic mass is 16.2. The van der Waals surface area contributed by atoms with E-state index in [4.69, 9.17) is 11.5 Å². The number of unbranched alkanes of at least 4 members (excludes halogenated alkanes) is 27. The molecule has 0 aliphatic rings. The number of rotatable bonds is 47. The summed E-state index contributed by atoms with van der Waals surface area (Å²) in [5.41, 5.74) is 11.4. The Morgan fingerprint density at radius 1 is 0.365 bits per heavy atom. The first kappa shape index (κ1) is 60.3. The van der Waals surface area contributed by atoms with Crippen LogP contribution in [0.1, 0.15) is 251 Å². The van der Waals surface area contributed by atoms with Gasteiger partial charge in [0.2, 0.25) is 29.5 Å². The molecule has 0 bridgehead atoms. The molecule has 0 radical (unpaired) electrons. The van der Waals surface area contributed by atoms with E-state index >= 15 is 0 Å². The van der Waals surface area contributed by atoms with Gasteiger partial charge in [-0.2, -0.15) is 0 Å². The van der Waals surface area contributed by atoms with Gasteiger partial charge in [-0.3, -0.25) is 24.0 Å². The van der Waals surface area contributed by atoms with Crippen molar-refractivity contribution in [3.8, 4) is 0 Å². The number of hydrogen-bond acceptors (Lipinski definition) is 7. The highest BCUT2D eigenvalue weighted by Crippen LogP contribution is 2.15. The van der Waals surface area contributed by atoms with Gasteiger partial charge < -0.3 is 38.1 Å². The normalized spacial score (nSPS) is 12.7. The Morgan fingerprint density at radius 2 is 0.683 bits per heavy atom. The van der Waals surface area contributed by atoms with Gasteiger partial charge in [0.25, 0.3) is 0 Å². The van der Waals surface area contributed by atoms with Crippen molar-refractivity contribution >= 4 is 29.5 Å². The molecule has 63 heavy (non-hydrogen) atoms. The molecule has 0 rings (SSSR count). The van der Waals surface area contributed by atoms with E-state index in [1.54, 1.807) is 0 Å². The maximum absolute atomic E-state index is 13.9.